The van der Waals surface area contributed by atoms with Gasteiger partial charge in [0, 0.05) is 52.7 Å². The lowest BCUT2D eigenvalue weighted by molar-refractivity contribution is -0.129. The molecule has 5 aromatic rings. The molecule has 10 N–H and O–H groups in total. The fourth-order valence-corrected chi connectivity index (χ4v) is 6.40. The molecule has 0 saturated carbocycles. The maximum atomic E-state index is 13.2. The van der Waals surface area contributed by atoms with Crippen LogP contribution in [0.1, 0.15) is 52.5 Å². The van der Waals surface area contributed by atoms with Crippen LogP contribution in [0, 0.1) is 0 Å². The Bertz CT molecular complexity index is 2090. The Balaban J connectivity index is 1.23. The molecular formula is C33H37N9O4. The van der Waals surface area contributed by atoms with Crippen LogP contribution in [0.3, 0.4) is 0 Å². The third-order valence-corrected chi connectivity index (χ3v) is 8.57. The average Bonchev–Trinajstić information content (AvgIpc) is 3.64. The Morgan fingerprint density at radius 1 is 0.978 bits per heavy atom. The summed E-state index contributed by atoms with van der Waals surface area (Å²) < 4.78 is 2.07. The molecule has 1 aliphatic rings. The van der Waals surface area contributed by atoms with Gasteiger partial charge in [-0.3, -0.25) is 29.5 Å². The van der Waals surface area contributed by atoms with Crippen LogP contribution in [0.15, 0.2) is 47.5 Å². The van der Waals surface area contributed by atoms with Crippen LogP contribution in [-0.4, -0.2) is 64.3 Å². The third-order valence-electron chi connectivity index (χ3n) is 8.57. The SMILES string of the molecule is C[C@H](N)C(=O)N[C@@H](CCCN=C(N)N)C(=O)NCCCc1ccc2c3c4c(c5c6ccccc6[nH]c5c3n(C)c2c1)C(=O)NC4=O. The highest BCUT2D eigenvalue weighted by Crippen LogP contribution is 2.43. The molecular weight excluding hydrogens is 586 g/mol. The Labute approximate surface area is 263 Å². The maximum absolute atomic E-state index is 13.2. The van der Waals surface area contributed by atoms with E-state index in [0.717, 1.165) is 49.2 Å². The highest BCUT2D eigenvalue weighted by molar-refractivity contribution is 6.39. The van der Waals surface area contributed by atoms with E-state index in [4.69, 9.17) is 17.2 Å². The molecule has 0 spiro atoms. The minimum absolute atomic E-state index is 0.0297. The molecule has 2 aromatic heterocycles. The number of benzene rings is 3. The Kier molecular flexibility index (Phi) is 8.09. The van der Waals surface area contributed by atoms with Crippen molar-refractivity contribution in [1.29, 1.82) is 0 Å². The van der Waals surface area contributed by atoms with E-state index < -0.39 is 23.9 Å². The van der Waals surface area contributed by atoms with Crippen molar-refractivity contribution in [2.45, 2.75) is 44.7 Å². The highest BCUT2D eigenvalue weighted by atomic mass is 16.2. The zero-order chi connectivity index (χ0) is 32.7. The molecule has 0 aliphatic carbocycles. The number of aliphatic imine (C=N–C) groups is 1. The van der Waals surface area contributed by atoms with Gasteiger partial charge in [0.1, 0.15) is 6.04 Å². The predicted molar refractivity (Wildman–Crippen MR) is 178 cm³/mol. The molecule has 0 fully saturated rings. The van der Waals surface area contributed by atoms with E-state index in [0.29, 0.717) is 49.9 Å². The largest absolute Gasteiger partial charge is 0.370 e. The van der Waals surface area contributed by atoms with E-state index in [2.05, 4.69) is 36.6 Å². The van der Waals surface area contributed by atoms with Crippen LogP contribution in [0.5, 0.6) is 0 Å². The molecule has 4 amide bonds. The van der Waals surface area contributed by atoms with Gasteiger partial charge in [0.15, 0.2) is 5.96 Å². The Hall–Kier alpha value is -5.43. The lowest BCUT2D eigenvalue weighted by Crippen LogP contribution is -2.51. The van der Waals surface area contributed by atoms with Gasteiger partial charge in [-0.1, -0.05) is 30.3 Å². The van der Waals surface area contributed by atoms with Crippen molar-refractivity contribution >= 4 is 73.2 Å². The number of carbonyl (C=O) groups is 4. The first-order valence-electron chi connectivity index (χ1n) is 15.3. The number of nitrogens with one attached hydrogen (secondary N) is 4. The first-order chi connectivity index (χ1) is 22.1. The van der Waals surface area contributed by atoms with Gasteiger partial charge in [0.25, 0.3) is 11.8 Å². The van der Waals surface area contributed by atoms with Crippen molar-refractivity contribution in [3.63, 3.8) is 0 Å². The number of nitrogens with zero attached hydrogens (tertiary/aromatic N) is 2. The second-order valence-electron chi connectivity index (χ2n) is 11.8. The number of amides is 4. The number of para-hydroxylation sites is 1. The third kappa shape index (κ3) is 5.38. The number of guanidine groups is 1. The van der Waals surface area contributed by atoms with E-state index >= 15 is 0 Å². The number of rotatable bonds is 11. The molecule has 6 rings (SSSR count). The molecule has 238 valence electrons. The zero-order valence-corrected chi connectivity index (χ0v) is 25.7. The summed E-state index contributed by atoms with van der Waals surface area (Å²) in [7, 11) is 1.96. The fourth-order valence-electron chi connectivity index (χ4n) is 6.40. The van der Waals surface area contributed by atoms with Crippen molar-refractivity contribution in [1.82, 2.24) is 25.5 Å². The molecule has 0 bridgehead atoms. The van der Waals surface area contributed by atoms with Crippen molar-refractivity contribution < 1.29 is 19.2 Å². The molecule has 1 aliphatic heterocycles. The summed E-state index contributed by atoms with van der Waals surface area (Å²) in [6.45, 7) is 2.29. The normalized spacial score (nSPS) is 14.1. The number of aromatic amines is 1. The fraction of sp³-hybridized carbons (Fsp3) is 0.303. The van der Waals surface area contributed by atoms with Gasteiger partial charge in [-0.2, -0.15) is 0 Å². The van der Waals surface area contributed by atoms with Gasteiger partial charge in [-0.15, -0.1) is 0 Å². The summed E-state index contributed by atoms with van der Waals surface area (Å²) >= 11 is 0. The highest BCUT2D eigenvalue weighted by Gasteiger charge is 2.35. The second-order valence-corrected chi connectivity index (χ2v) is 11.8. The molecule has 2 atom stereocenters. The van der Waals surface area contributed by atoms with E-state index in [1.54, 1.807) is 6.92 Å². The second kappa shape index (κ2) is 12.2. The molecule has 0 unspecified atom stereocenters. The van der Waals surface area contributed by atoms with E-state index in [-0.39, 0.29) is 17.8 Å². The van der Waals surface area contributed by atoms with Crippen LogP contribution in [-0.2, 0) is 23.1 Å². The van der Waals surface area contributed by atoms with Gasteiger partial charge < -0.3 is 37.4 Å². The summed E-state index contributed by atoms with van der Waals surface area (Å²) in [5, 5.41) is 11.4. The number of nitrogens with two attached hydrogens (primary N) is 3. The topological polar surface area (TPSA) is 216 Å². The summed E-state index contributed by atoms with van der Waals surface area (Å²) in [4.78, 5) is 58.8. The summed E-state index contributed by atoms with van der Waals surface area (Å²) in [6.07, 6.45) is 2.19. The van der Waals surface area contributed by atoms with Crippen molar-refractivity contribution in [2.24, 2.45) is 29.2 Å². The van der Waals surface area contributed by atoms with Crippen LogP contribution in [0.25, 0.3) is 43.6 Å². The first-order valence-corrected chi connectivity index (χ1v) is 15.3. The van der Waals surface area contributed by atoms with Crippen molar-refractivity contribution in [3.8, 4) is 0 Å². The predicted octanol–water partition coefficient (Wildman–Crippen LogP) is 1.78. The van der Waals surface area contributed by atoms with Crippen LogP contribution < -0.4 is 33.2 Å². The number of aromatic nitrogens is 2. The summed E-state index contributed by atoms with van der Waals surface area (Å²) in [6, 6.07) is 12.4. The van der Waals surface area contributed by atoms with Gasteiger partial charge in [-0.25, -0.2) is 0 Å². The lowest BCUT2D eigenvalue weighted by Gasteiger charge is -2.19. The molecule has 13 nitrogen and oxygen atoms in total. The quantitative estimate of drug-likeness (QED) is 0.0500. The maximum Gasteiger partial charge on any atom is 0.259 e. The van der Waals surface area contributed by atoms with Gasteiger partial charge in [-0.05, 0) is 50.3 Å². The smallest absolute Gasteiger partial charge is 0.259 e. The van der Waals surface area contributed by atoms with E-state index in [1.165, 1.54) is 0 Å². The standard InChI is InChI=1S/C33H37N9O4/c1-16(34)29(43)40-21(10-6-14-38-33(35)36)30(44)37-13-5-7-17-11-12-19-22(15-17)42(2)28-24(19)26-25(31(45)41-32(26)46)23-18-8-3-4-9-20(18)39-27(23)28/h3-4,8-9,11-12,15-16,21,39H,5-7,10,13-14,34H2,1-2H3,(H,37,44)(H,40,43)(H4,35,36,38)(H,41,45,46)/t16-,21-/m0/s1. The van der Waals surface area contributed by atoms with Gasteiger partial charge in [0.05, 0.1) is 28.2 Å². The number of fused-ring (bicyclic) bond motifs is 10. The van der Waals surface area contributed by atoms with Gasteiger partial charge in [0.2, 0.25) is 11.8 Å². The average molecular weight is 624 g/mol. The van der Waals surface area contributed by atoms with Crippen molar-refractivity contribution in [3.05, 3.63) is 59.2 Å². The molecule has 46 heavy (non-hydrogen) atoms. The Morgan fingerprint density at radius 2 is 1.72 bits per heavy atom. The molecule has 0 radical (unpaired) electrons. The zero-order valence-electron chi connectivity index (χ0n) is 25.7. The van der Waals surface area contributed by atoms with Crippen molar-refractivity contribution in [2.75, 3.05) is 13.1 Å². The number of hydrogen-bond acceptors (Lipinski definition) is 6. The van der Waals surface area contributed by atoms with E-state index in [1.807, 2.05) is 43.4 Å². The molecule has 3 heterocycles. The summed E-state index contributed by atoms with van der Waals surface area (Å²) in [5.41, 5.74) is 21.8. The number of aryl methyl sites for hydroxylation is 2. The molecule has 0 saturated heterocycles. The minimum atomic E-state index is -0.757. The van der Waals surface area contributed by atoms with Crippen LogP contribution in [0.2, 0.25) is 0 Å². The Morgan fingerprint density at radius 3 is 2.46 bits per heavy atom. The molecule has 13 heteroatoms. The lowest BCUT2D eigenvalue weighted by atomic mass is 9.96. The molecule has 3 aromatic carbocycles. The number of carbonyl (C=O) groups excluding carboxylic acids is 4. The summed E-state index contributed by atoms with van der Waals surface area (Å²) in [5.74, 6) is -1.52. The number of H-pyrrole nitrogens is 1. The monoisotopic (exact) mass is 623 g/mol. The minimum Gasteiger partial charge on any atom is -0.370 e. The van der Waals surface area contributed by atoms with Gasteiger partial charge >= 0.3 is 0 Å². The van der Waals surface area contributed by atoms with Crippen LogP contribution in [0.4, 0.5) is 0 Å². The van der Waals surface area contributed by atoms with Crippen LogP contribution >= 0.6 is 0 Å². The first kappa shape index (κ1) is 30.6. The van der Waals surface area contributed by atoms with E-state index in [9.17, 15) is 19.2 Å². The number of imide groups is 1. The number of hydrogen-bond donors (Lipinski definition) is 7.